The highest BCUT2D eigenvalue weighted by molar-refractivity contribution is 6.10. The summed E-state index contributed by atoms with van der Waals surface area (Å²) in [4.78, 5) is 19.1. The van der Waals surface area contributed by atoms with Crippen LogP contribution in [0.5, 0.6) is 11.5 Å². The van der Waals surface area contributed by atoms with Crippen molar-refractivity contribution in [2.45, 2.75) is 31.8 Å². The molecule has 1 saturated carbocycles. The Morgan fingerprint density at radius 1 is 0.931 bits per heavy atom. The molecule has 1 amide bonds. The van der Waals surface area contributed by atoms with E-state index in [2.05, 4.69) is 4.98 Å². The van der Waals surface area contributed by atoms with Gasteiger partial charge < -0.3 is 9.47 Å². The first-order valence-corrected chi connectivity index (χ1v) is 9.90. The average molecular weight is 388 g/mol. The number of hydrogen-bond acceptors (Lipinski definition) is 4. The zero-order valence-electron chi connectivity index (χ0n) is 16.5. The highest BCUT2D eigenvalue weighted by Crippen LogP contribution is 2.37. The van der Waals surface area contributed by atoms with Gasteiger partial charge in [-0.1, -0.05) is 18.2 Å². The summed E-state index contributed by atoms with van der Waals surface area (Å²) in [5, 5.41) is 0. The van der Waals surface area contributed by atoms with Crippen molar-refractivity contribution in [1.29, 1.82) is 0 Å². The molecule has 0 bridgehead atoms. The van der Waals surface area contributed by atoms with Crippen LogP contribution >= 0.6 is 0 Å². The third-order valence-electron chi connectivity index (χ3n) is 5.15. The zero-order chi connectivity index (χ0) is 20.1. The molecule has 1 aliphatic rings. The molecule has 2 aromatic carbocycles. The molecule has 0 saturated heterocycles. The summed E-state index contributed by atoms with van der Waals surface area (Å²) in [6.45, 7) is 0. The molecule has 0 atom stereocenters. The van der Waals surface area contributed by atoms with Crippen LogP contribution in [0, 0.1) is 0 Å². The van der Waals surface area contributed by atoms with Gasteiger partial charge in [0.2, 0.25) is 0 Å². The monoisotopic (exact) mass is 388 g/mol. The van der Waals surface area contributed by atoms with Crippen molar-refractivity contribution in [2.24, 2.45) is 0 Å². The molecule has 1 aliphatic carbocycles. The molecule has 1 fully saturated rings. The molecule has 3 aromatic rings. The highest BCUT2D eigenvalue weighted by Gasteiger charge is 2.23. The molecule has 5 nitrogen and oxygen atoms in total. The minimum Gasteiger partial charge on any atom is -0.493 e. The largest absolute Gasteiger partial charge is 0.493 e. The first-order chi connectivity index (χ1) is 14.3. The summed E-state index contributed by atoms with van der Waals surface area (Å²) < 4.78 is 11.7. The zero-order valence-corrected chi connectivity index (χ0v) is 16.5. The van der Waals surface area contributed by atoms with Gasteiger partial charge in [0.05, 0.1) is 18.9 Å². The Morgan fingerprint density at radius 2 is 1.66 bits per heavy atom. The maximum Gasteiger partial charge on any atom is 0.262 e. The summed E-state index contributed by atoms with van der Waals surface area (Å²) in [5.74, 6) is 1.21. The molecule has 1 aromatic heterocycles. The third kappa shape index (κ3) is 4.24. The molecule has 148 valence electrons. The lowest BCUT2D eigenvalue weighted by molar-refractivity contribution is 0.0999. The van der Waals surface area contributed by atoms with Crippen LogP contribution in [0.2, 0.25) is 0 Å². The lowest BCUT2D eigenvalue weighted by Gasteiger charge is -2.25. The Labute approximate surface area is 170 Å². The van der Waals surface area contributed by atoms with Crippen LogP contribution in [-0.4, -0.2) is 24.1 Å². The molecule has 1 heterocycles. The summed E-state index contributed by atoms with van der Waals surface area (Å²) in [7, 11) is 1.63. The maximum atomic E-state index is 13.4. The number of benzene rings is 2. The van der Waals surface area contributed by atoms with Crippen LogP contribution in [0.15, 0.2) is 73.1 Å². The van der Waals surface area contributed by atoms with Crippen molar-refractivity contribution in [3.63, 3.8) is 0 Å². The quantitative estimate of drug-likeness (QED) is 0.568. The van der Waals surface area contributed by atoms with E-state index in [9.17, 15) is 4.79 Å². The number of rotatable bonds is 6. The topological polar surface area (TPSA) is 51.7 Å². The van der Waals surface area contributed by atoms with E-state index in [1.54, 1.807) is 36.5 Å². The van der Waals surface area contributed by atoms with Gasteiger partial charge in [0.25, 0.3) is 5.91 Å². The fourth-order valence-corrected chi connectivity index (χ4v) is 3.67. The van der Waals surface area contributed by atoms with Gasteiger partial charge in [-0.2, -0.15) is 0 Å². The lowest BCUT2D eigenvalue weighted by Crippen LogP contribution is -2.26. The number of aromatic nitrogens is 1. The second-order valence-corrected chi connectivity index (χ2v) is 7.07. The number of amides is 1. The number of anilines is 2. The number of para-hydroxylation sites is 1. The standard InChI is InChI=1S/C24H24N2O3/c1-28-22-12-11-20(17-23(22)29-21-9-5-6-10-21)26(19-7-3-2-4-8-19)24(27)18-13-15-25-16-14-18/h2-4,7-8,11-17,21H,5-6,9-10H2,1H3. The van der Waals surface area contributed by atoms with E-state index in [4.69, 9.17) is 9.47 Å². The van der Waals surface area contributed by atoms with Crippen molar-refractivity contribution in [1.82, 2.24) is 4.98 Å². The Morgan fingerprint density at radius 3 is 2.34 bits per heavy atom. The van der Waals surface area contributed by atoms with Gasteiger partial charge in [0.1, 0.15) is 0 Å². The van der Waals surface area contributed by atoms with Crippen LogP contribution < -0.4 is 14.4 Å². The third-order valence-corrected chi connectivity index (χ3v) is 5.15. The highest BCUT2D eigenvalue weighted by atomic mass is 16.5. The minimum absolute atomic E-state index is 0.129. The molecule has 0 spiro atoms. The van der Waals surface area contributed by atoms with E-state index in [0.717, 1.165) is 24.2 Å². The fourth-order valence-electron chi connectivity index (χ4n) is 3.67. The number of ether oxygens (including phenoxy) is 2. The molecular weight excluding hydrogens is 364 g/mol. The summed E-state index contributed by atoms with van der Waals surface area (Å²) in [6.07, 6.45) is 7.91. The first kappa shape index (κ1) is 19.0. The van der Waals surface area contributed by atoms with Gasteiger partial charge in [0, 0.05) is 29.7 Å². The van der Waals surface area contributed by atoms with Crippen LogP contribution in [0.3, 0.4) is 0 Å². The Bertz CT molecular complexity index is 954. The SMILES string of the molecule is COc1ccc(N(C(=O)c2ccncc2)c2ccccc2)cc1OC1CCCC1. The number of carbonyl (C=O) groups excluding carboxylic acids is 1. The van der Waals surface area contributed by atoms with Gasteiger partial charge in [-0.05, 0) is 62.1 Å². The van der Waals surface area contributed by atoms with Crippen molar-refractivity contribution in [3.8, 4) is 11.5 Å². The number of pyridine rings is 1. The molecule has 0 aliphatic heterocycles. The smallest absolute Gasteiger partial charge is 0.262 e. The van der Waals surface area contributed by atoms with E-state index < -0.39 is 0 Å². The number of methoxy groups -OCH3 is 1. The molecule has 0 radical (unpaired) electrons. The summed E-state index contributed by atoms with van der Waals surface area (Å²) in [6, 6.07) is 18.7. The Hall–Kier alpha value is -3.34. The molecule has 0 unspecified atom stereocenters. The fraction of sp³-hybridized carbons (Fsp3) is 0.250. The predicted molar refractivity (Wildman–Crippen MR) is 113 cm³/mol. The van der Waals surface area contributed by atoms with Crippen LogP contribution in [0.25, 0.3) is 0 Å². The minimum atomic E-state index is -0.129. The number of hydrogen-bond donors (Lipinski definition) is 0. The second kappa shape index (κ2) is 8.78. The Kier molecular flexibility index (Phi) is 5.75. The molecule has 0 N–H and O–H groups in total. The van der Waals surface area contributed by atoms with Crippen molar-refractivity contribution < 1.29 is 14.3 Å². The lowest BCUT2D eigenvalue weighted by atomic mass is 10.1. The molecule has 4 rings (SSSR count). The van der Waals surface area contributed by atoms with Crippen LogP contribution in [0.4, 0.5) is 11.4 Å². The van der Waals surface area contributed by atoms with Gasteiger partial charge in [-0.15, -0.1) is 0 Å². The molecule has 29 heavy (non-hydrogen) atoms. The van der Waals surface area contributed by atoms with Gasteiger partial charge in [-0.25, -0.2) is 0 Å². The number of carbonyl (C=O) groups is 1. The average Bonchev–Trinajstić information content (AvgIpc) is 3.28. The van der Waals surface area contributed by atoms with E-state index >= 15 is 0 Å². The maximum absolute atomic E-state index is 13.4. The van der Waals surface area contributed by atoms with Gasteiger partial charge >= 0.3 is 0 Å². The molecule has 5 heteroatoms. The second-order valence-electron chi connectivity index (χ2n) is 7.07. The van der Waals surface area contributed by atoms with Gasteiger partial charge in [0.15, 0.2) is 11.5 Å². The van der Waals surface area contributed by atoms with Crippen molar-refractivity contribution in [2.75, 3.05) is 12.0 Å². The predicted octanol–water partition coefficient (Wildman–Crippen LogP) is 5.39. The van der Waals surface area contributed by atoms with Gasteiger partial charge in [-0.3, -0.25) is 14.7 Å². The number of nitrogens with zero attached hydrogens (tertiary/aromatic N) is 2. The van der Waals surface area contributed by atoms with E-state index in [1.807, 2.05) is 48.5 Å². The van der Waals surface area contributed by atoms with E-state index in [0.29, 0.717) is 17.1 Å². The van der Waals surface area contributed by atoms with Crippen LogP contribution in [0.1, 0.15) is 36.0 Å². The van der Waals surface area contributed by atoms with Crippen LogP contribution in [-0.2, 0) is 0 Å². The summed E-state index contributed by atoms with van der Waals surface area (Å²) in [5.41, 5.74) is 2.08. The normalized spacial score (nSPS) is 13.8. The van der Waals surface area contributed by atoms with E-state index in [-0.39, 0.29) is 12.0 Å². The molecular formula is C24H24N2O3. The Balaban J connectivity index is 1.75. The van der Waals surface area contributed by atoms with Crippen molar-refractivity contribution in [3.05, 3.63) is 78.6 Å². The first-order valence-electron chi connectivity index (χ1n) is 9.90. The van der Waals surface area contributed by atoms with Crippen molar-refractivity contribution >= 4 is 17.3 Å². The van der Waals surface area contributed by atoms with E-state index in [1.165, 1.54) is 12.8 Å². The summed E-state index contributed by atoms with van der Waals surface area (Å²) >= 11 is 0.